The van der Waals surface area contributed by atoms with Crippen molar-refractivity contribution in [1.29, 1.82) is 0 Å². The number of hydrogen-bond acceptors (Lipinski definition) is 2. The summed E-state index contributed by atoms with van der Waals surface area (Å²) in [5.74, 6) is 1.73. The van der Waals surface area contributed by atoms with Crippen LogP contribution < -0.4 is 0 Å². The zero-order chi connectivity index (χ0) is 16.7. The Morgan fingerprint density at radius 2 is 2.12 bits per heavy atom. The number of amides is 1. The van der Waals surface area contributed by atoms with Gasteiger partial charge in [-0.25, -0.2) is 4.98 Å². The van der Waals surface area contributed by atoms with E-state index >= 15 is 0 Å². The predicted octanol–water partition coefficient (Wildman–Crippen LogP) is 2.78. The van der Waals surface area contributed by atoms with Crippen molar-refractivity contribution in [2.45, 2.75) is 44.9 Å². The molecule has 1 unspecified atom stereocenters. The molecule has 24 heavy (non-hydrogen) atoms. The van der Waals surface area contributed by atoms with E-state index in [-0.39, 0.29) is 5.91 Å². The lowest BCUT2D eigenvalue weighted by atomic mass is 10.0. The van der Waals surface area contributed by atoms with Crippen molar-refractivity contribution >= 4 is 5.91 Å². The van der Waals surface area contributed by atoms with Crippen LogP contribution in [0, 0.1) is 6.92 Å². The van der Waals surface area contributed by atoms with Gasteiger partial charge in [0.25, 0.3) is 0 Å². The quantitative estimate of drug-likeness (QED) is 0.871. The number of aryl methyl sites for hydroxylation is 4. The van der Waals surface area contributed by atoms with Crippen LogP contribution in [0.5, 0.6) is 0 Å². The van der Waals surface area contributed by atoms with Gasteiger partial charge in [-0.15, -0.1) is 0 Å². The molecule has 1 aromatic heterocycles. The van der Waals surface area contributed by atoms with Crippen molar-refractivity contribution in [2.24, 2.45) is 7.05 Å². The normalized spacial score (nSPS) is 19.8. The molecule has 4 rings (SSSR count). The lowest BCUT2D eigenvalue weighted by Gasteiger charge is -2.17. The number of fused-ring (bicyclic) bond motifs is 1. The molecule has 1 aliphatic carbocycles. The van der Waals surface area contributed by atoms with Crippen LogP contribution in [0.1, 0.15) is 47.0 Å². The van der Waals surface area contributed by atoms with Gasteiger partial charge >= 0.3 is 0 Å². The Bertz CT molecular complexity index is 777. The first-order valence-electron chi connectivity index (χ1n) is 8.98. The van der Waals surface area contributed by atoms with Gasteiger partial charge in [0.1, 0.15) is 5.82 Å². The summed E-state index contributed by atoms with van der Waals surface area (Å²) in [5.41, 5.74) is 5.13. The summed E-state index contributed by atoms with van der Waals surface area (Å²) in [6, 6.07) is 6.60. The molecule has 1 fully saturated rings. The third-order valence-corrected chi connectivity index (χ3v) is 5.46. The van der Waals surface area contributed by atoms with Gasteiger partial charge in [0.2, 0.25) is 5.91 Å². The Kier molecular flexibility index (Phi) is 3.91. The van der Waals surface area contributed by atoms with Crippen LogP contribution in [0.3, 0.4) is 0 Å². The number of aromatic nitrogens is 2. The Morgan fingerprint density at radius 1 is 1.29 bits per heavy atom. The molecular weight excluding hydrogens is 298 g/mol. The molecule has 0 bridgehead atoms. The molecule has 1 saturated heterocycles. The molecule has 4 nitrogen and oxygen atoms in total. The van der Waals surface area contributed by atoms with Crippen LogP contribution in [0.15, 0.2) is 24.4 Å². The fraction of sp³-hybridized carbons (Fsp3) is 0.500. The van der Waals surface area contributed by atoms with Gasteiger partial charge in [0.05, 0.1) is 12.1 Å². The second kappa shape index (κ2) is 6.08. The van der Waals surface area contributed by atoms with Gasteiger partial charge in [0, 0.05) is 32.3 Å². The van der Waals surface area contributed by atoms with E-state index in [1.807, 2.05) is 18.9 Å². The first kappa shape index (κ1) is 15.4. The number of benzene rings is 1. The summed E-state index contributed by atoms with van der Waals surface area (Å²) < 4.78 is 2.11. The largest absolute Gasteiger partial charge is 0.342 e. The first-order valence-corrected chi connectivity index (χ1v) is 8.98. The van der Waals surface area contributed by atoms with Crippen molar-refractivity contribution in [2.75, 3.05) is 13.1 Å². The summed E-state index contributed by atoms with van der Waals surface area (Å²) >= 11 is 0. The average molecular weight is 323 g/mol. The number of carbonyl (C=O) groups is 1. The van der Waals surface area contributed by atoms with Gasteiger partial charge in [-0.05, 0) is 49.3 Å². The highest BCUT2D eigenvalue weighted by Crippen LogP contribution is 2.27. The first-order chi connectivity index (χ1) is 11.6. The number of imidazole rings is 1. The van der Waals surface area contributed by atoms with E-state index in [0.29, 0.717) is 12.3 Å². The molecule has 1 amide bonds. The Hall–Kier alpha value is -2.10. The molecule has 0 N–H and O–H groups in total. The molecule has 126 valence electrons. The van der Waals surface area contributed by atoms with E-state index in [4.69, 9.17) is 0 Å². The Balaban J connectivity index is 1.41. The molecule has 2 heterocycles. The summed E-state index contributed by atoms with van der Waals surface area (Å²) in [5, 5.41) is 0. The third kappa shape index (κ3) is 2.85. The fourth-order valence-corrected chi connectivity index (χ4v) is 4.23. The molecule has 1 aliphatic heterocycles. The van der Waals surface area contributed by atoms with Crippen LogP contribution >= 0.6 is 0 Å². The van der Waals surface area contributed by atoms with E-state index in [9.17, 15) is 4.79 Å². The number of carbonyl (C=O) groups excluding carboxylic acids is 1. The standard InChI is InChI=1S/C20H25N3O/c1-14-12-22(2)20(21-14)18-8-9-23(13-18)19(24)11-15-6-7-16-4-3-5-17(16)10-15/h6-7,10,12,18H,3-5,8-9,11,13H2,1-2H3. The highest BCUT2D eigenvalue weighted by atomic mass is 16.2. The van der Waals surface area contributed by atoms with E-state index in [1.165, 1.54) is 30.4 Å². The highest BCUT2D eigenvalue weighted by Gasteiger charge is 2.29. The van der Waals surface area contributed by atoms with Crippen LogP contribution in [0.2, 0.25) is 0 Å². The predicted molar refractivity (Wildman–Crippen MR) is 94.1 cm³/mol. The Morgan fingerprint density at radius 3 is 2.92 bits per heavy atom. The van der Waals surface area contributed by atoms with Crippen LogP contribution in [-0.2, 0) is 31.1 Å². The molecule has 2 aromatic rings. The molecule has 0 saturated carbocycles. The molecule has 2 aliphatic rings. The van der Waals surface area contributed by atoms with Crippen molar-refractivity contribution < 1.29 is 4.79 Å². The number of hydrogen-bond donors (Lipinski definition) is 0. The monoisotopic (exact) mass is 323 g/mol. The minimum Gasteiger partial charge on any atom is -0.342 e. The lowest BCUT2D eigenvalue weighted by Crippen LogP contribution is -2.30. The van der Waals surface area contributed by atoms with E-state index < -0.39 is 0 Å². The van der Waals surface area contributed by atoms with E-state index in [0.717, 1.165) is 36.6 Å². The minimum absolute atomic E-state index is 0.251. The summed E-state index contributed by atoms with van der Waals surface area (Å²) in [6.07, 6.45) is 7.22. The van der Waals surface area contributed by atoms with Crippen molar-refractivity contribution in [3.8, 4) is 0 Å². The molecule has 1 atom stereocenters. The third-order valence-electron chi connectivity index (χ3n) is 5.46. The average Bonchev–Trinajstić information content (AvgIpc) is 3.26. The zero-order valence-corrected chi connectivity index (χ0v) is 14.6. The summed E-state index contributed by atoms with van der Waals surface area (Å²) in [7, 11) is 2.05. The second-order valence-electron chi connectivity index (χ2n) is 7.31. The van der Waals surface area contributed by atoms with E-state index in [1.54, 1.807) is 0 Å². The fourth-order valence-electron chi connectivity index (χ4n) is 4.23. The van der Waals surface area contributed by atoms with Gasteiger partial charge in [0.15, 0.2) is 0 Å². The topological polar surface area (TPSA) is 38.1 Å². The summed E-state index contributed by atoms with van der Waals surface area (Å²) in [6.45, 7) is 3.67. The van der Waals surface area contributed by atoms with E-state index in [2.05, 4.69) is 33.9 Å². The molecule has 4 heteroatoms. The maximum absolute atomic E-state index is 12.7. The number of likely N-dealkylation sites (tertiary alicyclic amines) is 1. The van der Waals surface area contributed by atoms with Gasteiger partial charge in [-0.1, -0.05) is 18.2 Å². The Labute approximate surface area is 143 Å². The maximum atomic E-state index is 12.7. The van der Waals surface area contributed by atoms with Gasteiger partial charge in [-0.2, -0.15) is 0 Å². The molecule has 1 aromatic carbocycles. The van der Waals surface area contributed by atoms with Crippen LogP contribution in [0.4, 0.5) is 0 Å². The minimum atomic E-state index is 0.251. The zero-order valence-electron chi connectivity index (χ0n) is 14.6. The summed E-state index contributed by atoms with van der Waals surface area (Å²) in [4.78, 5) is 19.3. The van der Waals surface area contributed by atoms with Gasteiger partial charge in [-0.3, -0.25) is 4.79 Å². The van der Waals surface area contributed by atoms with Gasteiger partial charge < -0.3 is 9.47 Å². The van der Waals surface area contributed by atoms with Crippen LogP contribution in [0.25, 0.3) is 0 Å². The number of nitrogens with zero attached hydrogens (tertiary/aromatic N) is 3. The maximum Gasteiger partial charge on any atom is 0.227 e. The number of rotatable bonds is 3. The smallest absolute Gasteiger partial charge is 0.227 e. The molecule has 0 spiro atoms. The second-order valence-corrected chi connectivity index (χ2v) is 7.31. The lowest BCUT2D eigenvalue weighted by molar-refractivity contribution is -0.129. The highest BCUT2D eigenvalue weighted by molar-refractivity contribution is 5.79. The van der Waals surface area contributed by atoms with Crippen molar-refractivity contribution in [3.63, 3.8) is 0 Å². The van der Waals surface area contributed by atoms with Crippen molar-refractivity contribution in [3.05, 3.63) is 52.6 Å². The SMILES string of the molecule is Cc1cn(C)c(C2CCN(C(=O)Cc3ccc4c(c3)CCC4)C2)n1. The van der Waals surface area contributed by atoms with Crippen LogP contribution in [-0.4, -0.2) is 33.4 Å². The molecular formula is C20H25N3O. The van der Waals surface area contributed by atoms with Crippen molar-refractivity contribution in [1.82, 2.24) is 14.5 Å². The molecule has 0 radical (unpaired) electrons.